The van der Waals surface area contributed by atoms with Gasteiger partial charge in [0.15, 0.2) is 0 Å². The average molecular weight is 338 g/mol. The van der Waals surface area contributed by atoms with Crippen molar-refractivity contribution in [2.24, 2.45) is 11.7 Å². The number of amides is 1. The maximum Gasteiger partial charge on any atom is 0.221 e. The molecule has 4 heteroatoms. The van der Waals surface area contributed by atoms with E-state index in [9.17, 15) is 4.79 Å². The number of piperidine rings is 1. The summed E-state index contributed by atoms with van der Waals surface area (Å²) in [6, 6.07) is 18.6. The van der Waals surface area contributed by atoms with E-state index in [4.69, 9.17) is 10.5 Å². The summed E-state index contributed by atoms with van der Waals surface area (Å²) in [5.41, 5.74) is 7.97. The Bertz CT molecular complexity index is 670. The molecule has 3 rings (SSSR count). The third kappa shape index (κ3) is 5.33. The molecule has 0 bridgehead atoms. The number of rotatable bonds is 7. The van der Waals surface area contributed by atoms with Gasteiger partial charge in [0.1, 0.15) is 5.75 Å². The van der Waals surface area contributed by atoms with Gasteiger partial charge >= 0.3 is 0 Å². The summed E-state index contributed by atoms with van der Waals surface area (Å²) in [7, 11) is 0. The van der Waals surface area contributed by atoms with Crippen LogP contribution in [0.15, 0.2) is 54.6 Å². The second-order valence-corrected chi connectivity index (χ2v) is 6.70. The van der Waals surface area contributed by atoms with Gasteiger partial charge in [0.05, 0.1) is 12.5 Å². The van der Waals surface area contributed by atoms with Crippen molar-refractivity contribution in [3.8, 4) is 5.75 Å². The molecule has 1 fully saturated rings. The molecule has 1 aliphatic heterocycles. The summed E-state index contributed by atoms with van der Waals surface area (Å²) in [5, 5.41) is 0. The number of nitrogens with two attached hydrogens (primary N) is 1. The van der Waals surface area contributed by atoms with Crippen molar-refractivity contribution in [2.45, 2.75) is 25.8 Å². The Labute approximate surface area is 149 Å². The molecule has 2 aromatic rings. The summed E-state index contributed by atoms with van der Waals surface area (Å²) >= 11 is 0. The summed E-state index contributed by atoms with van der Waals surface area (Å²) in [5.74, 6) is 0.717. The van der Waals surface area contributed by atoms with Gasteiger partial charge in [-0.1, -0.05) is 42.5 Å². The van der Waals surface area contributed by atoms with Crippen molar-refractivity contribution in [3.63, 3.8) is 0 Å². The van der Waals surface area contributed by atoms with E-state index in [1.165, 1.54) is 11.1 Å². The number of hydrogen-bond donors (Lipinski definition) is 1. The molecule has 25 heavy (non-hydrogen) atoms. The number of hydrogen-bond acceptors (Lipinski definition) is 3. The average Bonchev–Trinajstić information content (AvgIpc) is 2.64. The Balaban J connectivity index is 1.46. The van der Waals surface area contributed by atoms with E-state index >= 15 is 0 Å². The highest BCUT2D eigenvalue weighted by Gasteiger charge is 2.23. The molecule has 0 aliphatic carbocycles. The molecule has 0 saturated carbocycles. The highest BCUT2D eigenvalue weighted by atomic mass is 16.5. The van der Waals surface area contributed by atoms with E-state index in [0.717, 1.165) is 44.6 Å². The van der Waals surface area contributed by atoms with Crippen LogP contribution in [0.4, 0.5) is 0 Å². The number of carbonyl (C=O) groups is 1. The number of nitrogens with zero attached hydrogens (tertiary/aromatic N) is 1. The molecule has 1 amide bonds. The highest BCUT2D eigenvalue weighted by molar-refractivity contribution is 5.76. The number of likely N-dealkylation sites (tertiary alicyclic amines) is 1. The second kappa shape index (κ2) is 8.67. The predicted octanol–water partition coefficient (Wildman–Crippen LogP) is 3.01. The highest BCUT2D eigenvalue weighted by Crippen LogP contribution is 2.20. The Hall–Kier alpha value is -2.33. The maximum absolute atomic E-state index is 11.4. The van der Waals surface area contributed by atoms with Crippen molar-refractivity contribution in [3.05, 3.63) is 65.7 Å². The summed E-state index contributed by atoms with van der Waals surface area (Å²) in [4.78, 5) is 13.7. The lowest BCUT2D eigenvalue weighted by Gasteiger charge is -2.31. The van der Waals surface area contributed by atoms with E-state index in [1.807, 2.05) is 30.3 Å². The molecule has 0 spiro atoms. The maximum atomic E-state index is 11.4. The van der Waals surface area contributed by atoms with Gasteiger partial charge in [-0.2, -0.15) is 0 Å². The summed E-state index contributed by atoms with van der Waals surface area (Å²) < 4.78 is 5.83. The van der Waals surface area contributed by atoms with Crippen LogP contribution in [-0.4, -0.2) is 30.5 Å². The number of ether oxygens (including phenoxy) is 1. The van der Waals surface area contributed by atoms with Crippen LogP contribution in [0.2, 0.25) is 0 Å². The SMILES string of the molecule is NC(=O)C1CCCN(Cc2ccc(OCCc3ccccc3)cc2)C1. The van der Waals surface area contributed by atoms with Gasteiger partial charge < -0.3 is 10.5 Å². The summed E-state index contributed by atoms with van der Waals surface area (Å²) in [6.07, 6.45) is 2.86. The monoisotopic (exact) mass is 338 g/mol. The topological polar surface area (TPSA) is 55.6 Å². The van der Waals surface area contributed by atoms with Crippen molar-refractivity contribution in [1.29, 1.82) is 0 Å². The fraction of sp³-hybridized carbons (Fsp3) is 0.381. The molecule has 1 atom stereocenters. The van der Waals surface area contributed by atoms with Gasteiger partial charge in [-0.3, -0.25) is 9.69 Å². The van der Waals surface area contributed by atoms with Crippen LogP contribution in [0.25, 0.3) is 0 Å². The Kier molecular flexibility index (Phi) is 6.07. The number of benzene rings is 2. The lowest BCUT2D eigenvalue weighted by Crippen LogP contribution is -2.40. The van der Waals surface area contributed by atoms with Crippen molar-refractivity contribution in [1.82, 2.24) is 4.90 Å². The van der Waals surface area contributed by atoms with Crippen LogP contribution >= 0.6 is 0 Å². The quantitative estimate of drug-likeness (QED) is 0.844. The fourth-order valence-electron chi connectivity index (χ4n) is 3.31. The van der Waals surface area contributed by atoms with E-state index in [-0.39, 0.29) is 11.8 Å². The molecule has 2 N–H and O–H groups in total. The molecule has 4 nitrogen and oxygen atoms in total. The van der Waals surface area contributed by atoms with Crippen molar-refractivity contribution >= 4 is 5.91 Å². The van der Waals surface area contributed by atoms with Gasteiger partial charge in [-0.15, -0.1) is 0 Å². The largest absolute Gasteiger partial charge is 0.493 e. The third-order valence-corrected chi connectivity index (χ3v) is 4.74. The van der Waals surface area contributed by atoms with E-state index in [0.29, 0.717) is 6.61 Å². The zero-order valence-corrected chi connectivity index (χ0v) is 14.6. The number of carbonyl (C=O) groups excluding carboxylic acids is 1. The van der Waals surface area contributed by atoms with Crippen LogP contribution in [0.1, 0.15) is 24.0 Å². The predicted molar refractivity (Wildman–Crippen MR) is 99.3 cm³/mol. The van der Waals surface area contributed by atoms with E-state index in [2.05, 4.69) is 29.2 Å². The third-order valence-electron chi connectivity index (χ3n) is 4.74. The first kappa shape index (κ1) is 17.5. The summed E-state index contributed by atoms with van der Waals surface area (Å²) in [6.45, 7) is 3.33. The van der Waals surface area contributed by atoms with E-state index < -0.39 is 0 Å². The molecule has 1 unspecified atom stereocenters. The lowest BCUT2D eigenvalue weighted by atomic mass is 9.97. The minimum absolute atomic E-state index is 0.00524. The minimum Gasteiger partial charge on any atom is -0.493 e. The standard InChI is InChI=1S/C21H26N2O2/c22-21(24)19-7-4-13-23(16-19)15-18-8-10-20(11-9-18)25-14-12-17-5-2-1-3-6-17/h1-3,5-6,8-11,19H,4,7,12-16H2,(H2,22,24). The normalized spacial score (nSPS) is 18.0. The van der Waals surface area contributed by atoms with Crippen LogP contribution < -0.4 is 10.5 Å². The van der Waals surface area contributed by atoms with Gasteiger partial charge in [0.25, 0.3) is 0 Å². The van der Waals surface area contributed by atoms with Crippen LogP contribution in [0, 0.1) is 5.92 Å². The molecule has 1 aliphatic rings. The minimum atomic E-state index is -0.174. The van der Waals surface area contributed by atoms with Gasteiger partial charge in [0, 0.05) is 19.5 Å². The smallest absolute Gasteiger partial charge is 0.221 e. The van der Waals surface area contributed by atoms with Crippen molar-refractivity contribution < 1.29 is 9.53 Å². The first-order valence-corrected chi connectivity index (χ1v) is 8.98. The Morgan fingerprint density at radius 3 is 2.56 bits per heavy atom. The van der Waals surface area contributed by atoms with Crippen molar-refractivity contribution in [2.75, 3.05) is 19.7 Å². The first-order valence-electron chi connectivity index (χ1n) is 8.98. The van der Waals surface area contributed by atoms with Crippen LogP contribution in [0.3, 0.4) is 0 Å². The second-order valence-electron chi connectivity index (χ2n) is 6.70. The zero-order chi connectivity index (χ0) is 17.5. The number of primary amides is 1. The molecular formula is C21H26N2O2. The zero-order valence-electron chi connectivity index (χ0n) is 14.6. The molecule has 2 aromatic carbocycles. The van der Waals surface area contributed by atoms with Crippen LogP contribution in [-0.2, 0) is 17.8 Å². The first-order chi connectivity index (χ1) is 12.2. The van der Waals surface area contributed by atoms with Gasteiger partial charge in [0.2, 0.25) is 5.91 Å². The molecule has 132 valence electrons. The lowest BCUT2D eigenvalue weighted by molar-refractivity contribution is -0.123. The Morgan fingerprint density at radius 1 is 1.08 bits per heavy atom. The van der Waals surface area contributed by atoms with Gasteiger partial charge in [-0.25, -0.2) is 0 Å². The van der Waals surface area contributed by atoms with E-state index in [1.54, 1.807) is 0 Å². The van der Waals surface area contributed by atoms with Crippen LogP contribution in [0.5, 0.6) is 5.75 Å². The molecule has 0 aromatic heterocycles. The fourth-order valence-corrected chi connectivity index (χ4v) is 3.31. The molecule has 0 radical (unpaired) electrons. The van der Waals surface area contributed by atoms with Gasteiger partial charge in [-0.05, 0) is 42.6 Å². The Morgan fingerprint density at radius 2 is 1.84 bits per heavy atom. The molecular weight excluding hydrogens is 312 g/mol. The molecule has 1 heterocycles. The molecule has 1 saturated heterocycles.